The number of aliphatic carboxylic acids is 1. The molecule has 0 aliphatic carbocycles. The summed E-state index contributed by atoms with van der Waals surface area (Å²) < 4.78 is 29.2. The Kier molecular flexibility index (Phi) is 4.84. The lowest BCUT2D eigenvalue weighted by atomic mass is 10.1. The molecule has 2 N–H and O–H groups in total. The quantitative estimate of drug-likeness (QED) is 0.849. The van der Waals surface area contributed by atoms with Gasteiger partial charge in [0.1, 0.15) is 5.75 Å². The second-order valence-corrected chi connectivity index (χ2v) is 4.63. The minimum atomic E-state index is -3.11. The highest BCUT2D eigenvalue weighted by Crippen LogP contribution is 2.35. The number of carboxylic acids is 1. The molecule has 0 aliphatic heterocycles. The first kappa shape index (κ1) is 14.3. The van der Waals surface area contributed by atoms with Crippen molar-refractivity contribution < 1.29 is 28.5 Å². The predicted octanol–water partition coefficient (Wildman–Crippen LogP) is 2.93. The van der Waals surface area contributed by atoms with Gasteiger partial charge in [-0.25, -0.2) is 4.79 Å². The minimum absolute atomic E-state index is 0.257. The van der Waals surface area contributed by atoms with E-state index in [1.165, 1.54) is 6.07 Å². The summed E-state index contributed by atoms with van der Waals surface area (Å²) in [5.41, 5.74) is -0.257. The lowest BCUT2D eigenvalue weighted by Crippen LogP contribution is -2.14. The molecule has 0 bridgehead atoms. The first-order chi connectivity index (χ1) is 7.82. The first-order valence-electron chi connectivity index (χ1n) is 4.17. The Balaban J connectivity index is 3.25. The second kappa shape index (κ2) is 5.74. The normalized spacial score (nSPS) is 12.6. The van der Waals surface area contributed by atoms with Gasteiger partial charge < -0.3 is 14.9 Å². The van der Waals surface area contributed by atoms with Crippen molar-refractivity contribution in [3.8, 4) is 5.75 Å². The summed E-state index contributed by atoms with van der Waals surface area (Å²) in [5.74, 6) is -1.96. The van der Waals surface area contributed by atoms with Crippen LogP contribution >= 0.6 is 31.9 Å². The van der Waals surface area contributed by atoms with Gasteiger partial charge in [-0.1, -0.05) is 0 Å². The van der Waals surface area contributed by atoms with Crippen molar-refractivity contribution in [1.29, 1.82) is 0 Å². The maximum absolute atomic E-state index is 12.1. The molecule has 0 amide bonds. The van der Waals surface area contributed by atoms with E-state index in [0.29, 0.717) is 8.95 Å². The molecule has 0 saturated heterocycles. The number of alkyl halides is 2. The molecule has 0 aliphatic rings. The third kappa shape index (κ3) is 3.62. The lowest BCUT2D eigenvalue weighted by Gasteiger charge is -2.14. The highest BCUT2D eigenvalue weighted by atomic mass is 79.9. The Morgan fingerprint density at radius 2 is 1.82 bits per heavy atom. The molecule has 17 heavy (non-hydrogen) atoms. The van der Waals surface area contributed by atoms with Crippen molar-refractivity contribution in [1.82, 2.24) is 0 Å². The summed E-state index contributed by atoms with van der Waals surface area (Å²) in [4.78, 5) is 10.6. The smallest absolute Gasteiger partial charge is 0.387 e. The Hall–Kier alpha value is -0.730. The van der Waals surface area contributed by atoms with E-state index in [4.69, 9.17) is 5.11 Å². The van der Waals surface area contributed by atoms with Crippen LogP contribution in [0.15, 0.2) is 21.1 Å². The van der Waals surface area contributed by atoms with E-state index >= 15 is 0 Å². The Morgan fingerprint density at radius 3 is 2.29 bits per heavy atom. The molecule has 94 valence electrons. The first-order valence-corrected chi connectivity index (χ1v) is 5.76. The zero-order valence-corrected chi connectivity index (χ0v) is 11.2. The molecule has 1 aromatic carbocycles. The van der Waals surface area contributed by atoms with Gasteiger partial charge in [-0.15, -0.1) is 0 Å². The van der Waals surface area contributed by atoms with Gasteiger partial charge in [0.05, 0.1) is 0 Å². The monoisotopic (exact) mass is 374 g/mol. The molecule has 4 nitrogen and oxygen atoms in total. The lowest BCUT2D eigenvalue weighted by molar-refractivity contribution is -0.147. The molecular formula is C9H6Br2F2O4. The second-order valence-electron chi connectivity index (χ2n) is 2.92. The van der Waals surface area contributed by atoms with Crippen LogP contribution in [0.2, 0.25) is 0 Å². The van der Waals surface area contributed by atoms with Gasteiger partial charge in [0.2, 0.25) is 0 Å². The number of hydrogen-bond acceptors (Lipinski definition) is 3. The van der Waals surface area contributed by atoms with Gasteiger partial charge in [0.15, 0.2) is 6.10 Å². The van der Waals surface area contributed by atoms with E-state index < -0.39 is 24.4 Å². The summed E-state index contributed by atoms with van der Waals surface area (Å²) in [6.07, 6.45) is -1.94. The fourth-order valence-electron chi connectivity index (χ4n) is 1.09. The van der Waals surface area contributed by atoms with Crippen LogP contribution in [-0.2, 0) is 4.79 Å². The molecule has 1 atom stereocenters. The van der Waals surface area contributed by atoms with Gasteiger partial charge in [-0.2, -0.15) is 8.78 Å². The predicted molar refractivity (Wildman–Crippen MR) is 61.1 cm³/mol. The molecule has 0 spiro atoms. The average molecular weight is 376 g/mol. The fourth-order valence-corrected chi connectivity index (χ4v) is 1.77. The highest BCUT2D eigenvalue weighted by molar-refractivity contribution is 9.13. The van der Waals surface area contributed by atoms with Crippen LogP contribution in [0.3, 0.4) is 0 Å². The van der Waals surface area contributed by atoms with Crippen molar-refractivity contribution in [3.05, 3.63) is 26.6 Å². The number of carbonyl (C=O) groups is 1. The largest absolute Gasteiger partial charge is 0.479 e. The van der Waals surface area contributed by atoms with E-state index in [-0.39, 0.29) is 5.56 Å². The van der Waals surface area contributed by atoms with Crippen molar-refractivity contribution >= 4 is 37.8 Å². The summed E-state index contributed by atoms with van der Waals surface area (Å²) >= 11 is 6.13. The standard InChI is InChI=1S/C9H6Br2F2O4/c10-4-1-3(7(14)8(15)16)6(2-5(4)11)17-9(12)13/h1-2,7,9,14H,(H,15,16). The third-order valence-electron chi connectivity index (χ3n) is 1.80. The van der Waals surface area contributed by atoms with Crippen molar-refractivity contribution in [2.45, 2.75) is 12.7 Å². The van der Waals surface area contributed by atoms with E-state index in [9.17, 15) is 18.7 Å². The number of aliphatic hydroxyl groups excluding tert-OH is 1. The number of aliphatic hydroxyl groups is 1. The Bertz CT molecular complexity index is 439. The van der Waals surface area contributed by atoms with Crippen molar-refractivity contribution in [3.63, 3.8) is 0 Å². The Morgan fingerprint density at radius 1 is 1.29 bits per heavy atom. The zero-order chi connectivity index (χ0) is 13.2. The van der Waals surface area contributed by atoms with Crippen LogP contribution in [-0.4, -0.2) is 22.8 Å². The molecule has 0 radical (unpaired) electrons. The van der Waals surface area contributed by atoms with Crippen LogP contribution in [0.1, 0.15) is 11.7 Å². The molecule has 8 heteroatoms. The molecule has 1 aromatic rings. The van der Waals surface area contributed by atoms with Crippen LogP contribution < -0.4 is 4.74 Å². The molecule has 0 heterocycles. The van der Waals surface area contributed by atoms with Gasteiger partial charge in [-0.3, -0.25) is 0 Å². The van der Waals surface area contributed by atoms with Crippen molar-refractivity contribution in [2.24, 2.45) is 0 Å². The van der Waals surface area contributed by atoms with Gasteiger partial charge in [0, 0.05) is 14.5 Å². The Labute approximate surface area is 111 Å². The minimum Gasteiger partial charge on any atom is -0.479 e. The zero-order valence-electron chi connectivity index (χ0n) is 8.03. The summed E-state index contributed by atoms with van der Waals surface area (Å²) in [6, 6.07) is 2.35. The van der Waals surface area contributed by atoms with Crippen LogP contribution in [0.4, 0.5) is 8.78 Å². The van der Waals surface area contributed by atoms with E-state index in [1.54, 1.807) is 0 Å². The third-order valence-corrected chi connectivity index (χ3v) is 3.64. The van der Waals surface area contributed by atoms with Gasteiger partial charge in [-0.05, 0) is 44.0 Å². The summed E-state index contributed by atoms with van der Waals surface area (Å²) in [5, 5.41) is 18.0. The summed E-state index contributed by atoms with van der Waals surface area (Å²) in [7, 11) is 0. The summed E-state index contributed by atoms with van der Waals surface area (Å²) in [6.45, 7) is -3.11. The highest BCUT2D eigenvalue weighted by Gasteiger charge is 2.23. The number of hydrogen-bond donors (Lipinski definition) is 2. The topological polar surface area (TPSA) is 66.8 Å². The van der Waals surface area contributed by atoms with E-state index in [1.807, 2.05) is 0 Å². The molecule has 1 unspecified atom stereocenters. The van der Waals surface area contributed by atoms with Crippen LogP contribution in [0, 0.1) is 0 Å². The van der Waals surface area contributed by atoms with Crippen LogP contribution in [0.25, 0.3) is 0 Å². The van der Waals surface area contributed by atoms with Crippen molar-refractivity contribution in [2.75, 3.05) is 0 Å². The molecule has 0 fully saturated rings. The number of halogens is 4. The molecule has 0 aromatic heterocycles. The maximum Gasteiger partial charge on any atom is 0.387 e. The number of benzene rings is 1. The SMILES string of the molecule is O=C(O)C(O)c1cc(Br)c(Br)cc1OC(F)F. The fraction of sp³-hybridized carbons (Fsp3) is 0.222. The molecule has 1 rings (SSSR count). The average Bonchev–Trinajstić information content (AvgIpc) is 2.21. The number of rotatable bonds is 4. The van der Waals surface area contributed by atoms with Gasteiger partial charge >= 0.3 is 12.6 Å². The van der Waals surface area contributed by atoms with Gasteiger partial charge in [0.25, 0.3) is 0 Å². The van der Waals surface area contributed by atoms with Crippen LogP contribution in [0.5, 0.6) is 5.75 Å². The number of ether oxygens (including phenoxy) is 1. The van der Waals surface area contributed by atoms with E-state index in [2.05, 4.69) is 36.6 Å². The molecular weight excluding hydrogens is 370 g/mol. The van der Waals surface area contributed by atoms with E-state index in [0.717, 1.165) is 6.07 Å². The molecule has 0 saturated carbocycles. The maximum atomic E-state index is 12.1. The number of carboxylic acid groups (broad SMARTS) is 1.